The summed E-state index contributed by atoms with van der Waals surface area (Å²) in [6.07, 6.45) is 0. The van der Waals surface area contributed by atoms with Gasteiger partial charge in [-0.3, -0.25) is 4.79 Å². The van der Waals surface area contributed by atoms with Crippen LogP contribution in [0.1, 0.15) is 15.9 Å². The molecule has 0 aliphatic rings. The topological polar surface area (TPSA) is 17.1 Å². The molecule has 0 aromatic heterocycles. The molecule has 0 heterocycles. The van der Waals surface area contributed by atoms with E-state index in [4.69, 9.17) is 23.2 Å². The van der Waals surface area contributed by atoms with E-state index in [0.29, 0.717) is 0 Å². The van der Waals surface area contributed by atoms with Gasteiger partial charge in [0, 0.05) is 11.1 Å². The van der Waals surface area contributed by atoms with Gasteiger partial charge in [-0.15, -0.1) is 0 Å². The summed E-state index contributed by atoms with van der Waals surface area (Å²) in [6, 6.07) is 7.32. The van der Waals surface area contributed by atoms with Crippen LogP contribution in [0.5, 0.6) is 0 Å². The molecular formula is C13H6Cl2F2O. The quantitative estimate of drug-likeness (QED) is 0.743. The molecule has 0 amide bonds. The number of rotatable bonds is 2. The molecule has 0 unspecified atom stereocenters. The molecule has 92 valence electrons. The Hall–Kier alpha value is -1.45. The zero-order valence-electron chi connectivity index (χ0n) is 8.88. The van der Waals surface area contributed by atoms with Crippen LogP contribution in [0.15, 0.2) is 36.4 Å². The maximum atomic E-state index is 13.2. The van der Waals surface area contributed by atoms with Crippen LogP contribution in [-0.4, -0.2) is 5.78 Å². The number of carbonyl (C=O) groups is 1. The highest BCUT2D eigenvalue weighted by Crippen LogP contribution is 2.20. The fourth-order valence-corrected chi connectivity index (χ4v) is 1.68. The Bertz CT molecular complexity index is 573. The van der Waals surface area contributed by atoms with E-state index < -0.39 is 17.4 Å². The second-order valence-corrected chi connectivity index (χ2v) is 4.40. The predicted molar refractivity (Wildman–Crippen MR) is 66.3 cm³/mol. The Morgan fingerprint density at radius 2 is 1.22 bits per heavy atom. The lowest BCUT2D eigenvalue weighted by molar-refractivity contribution is 0.103. The molecular weight excluding hydrogens is 281 g/mol. The van der Waals surface area contributed by atoms with Crippen molar-refractivity contribution >= 4 is 29.0 Å². The van der Waals surface area contributed by atoms with Crippen LogP contribution >= 0.6 is 23.2 Å². The van der Waals surface area contributed by atoms with Crippen molar-refractivity contribution in [2.24, 2.45) is 0 Å². The molecule has 0 spiro atoms. The van der Waals surface area contributed by atoms with Gasteiger partial charge in [-0.05, 0) is 36.4 Å². The molecule has 0 N–H and O–H groups in total. The summed E-state index contributed by atoms with van der Waals surface area (Å²) in [5, 5.41) is -0.150. The van der Waals surface area contributed by atoms with E-state index in [1.807, 2.05) is 0 Å². The first-order valence-corrected chi connectivity index (χ1v) is 5.69. The van der Waals surface area contributed by atoms with Crippen LogP contribution in [0, 0.1) is 11.6 Å². The van der Waals surface area contributed by atoms with Gasteiger partial charge in [-0.25, -0.2) is 8.78 Å². The number of hydrogen-bond acceptors (Lipinski definition) is 1. The summed E-state index contributed by atoms with van der Waals surface area (Å²) >= 11 is 11.0. The van der Waals surface area contributed by atoms with Crippen molar-refractivity contribution in [1.82, 2.24) is 0 Å². The Balaban J connectivity index is 2.41. The first-order valence-electron chi connectivity index (χ1n) is 4.94. The van der Waals surface area contributed by atoms with Crippen molar-refractivity contribution in [3.63, 3.8) is 0 Å². The lowest BCUT2D eigenvalue weighted by Crippen LogP contribution is -2.02. The summed E-state index contributed by atoms with van der Waals surface area (Å²) in [5.74, 6) is -1.89. The fourth-order valence-electron chi connectivity index (χ4n) is 1.44. The zero-order chi connectivity index (χ0) is 13.3. The summed E-state index contributed by atoms with van der Waals surface area (Å²) in [5.41, 5.74) is 0.192. The zero-order valence-corrected chi connectivity index (χ0v) is 10.4. The molecule has 0 saturated carbocycles. The largest absolute Gasteiger partial charge is 0.289 e. The normalized spacial score (nSPS) is 10.4. The van der Waals surface area contributed by atoms with Gasteiger partial charge in [0.15, 0.2) is 5.78 Å². The highest BCUT2D eigenvalue weighted by atomic mass is 35.5. The molecule has 0 bridgehead atoms. The Kier molecular flexibility index (Phi) is 3.64. The van der Waals surface area contributed by atoms with Gasteiger partial charge in [-0.2, -0.15) is 0 Å². The van der Waals surface area contributed by atoms with Crippen LogP contribution < -0.4 is 0 Å². The molecule has 2 aromatic carbocycles. The maximum Gasteiger partial charge on any atom is 0.193 e. The molecule has 0 aliphatic carbocycles. The van der Waals surface area contributed by atoms with E-state index in [1.165, 1.54) is 24.3 Å². The lowest BCUT2D eigenvalue weighted by atomic mass is 10.0. The molecule has 0 aliphatic heterocycles. The van der Waals surface area contributed by atoms with Crippen molar-refractivity contribution in [3.05, 3.63) is 69.2 Å². The molecule has 5 heteroatoms. The highest BCUT2D eigenvalue weighted by molar-refractivity contribution is 6.31. The molecule has 0 saturated heterocycles. The number of ketones is 1. The summed E-state index contributed by atoms with van der Waals surface area (Å²) < 4.78 is 26.4. The van der Waals surface area contributed by atoms with Gasteiger partial charge in [0.2, 0.25) is 0 Å². The molecule has 1 nitrogen and oxygen atoms in total. The fraction of sp³-hybridized carbons (Fsp3) is 0. The van der Waals surface area contributed by atoms with Crippen LogP contribution in [0.3, 0.4) is 0 Å². The number of carbonyl (C=O) groups excluding carboxylic acids is 1. The average Bonchev–Trinajstić information content (AvgIpc) is 2.35. The Morgan fingerprint density at radius 1 is 0.833 bits per heavy atom. The van der Waals surface area contributed by atoms with Gasteiger partial charge < -0.3 is 0 Å². The van der Waals surface area contributed by atoms with Gasteiger partial charge >= 0.3 is 0 Å². The standard InChI is InChI=1S/C13H6Cl2F2O/c14-9-3-1-7(5-11(9)16)13(18)8-2-4-10(15)12(17)6-8/h1-6H. The van der Waals surface area contributed by atoms with Crippen molar-refractivity contribution in [2.45, 2.75) is 0 Å². The molecule has 18 heavy (non-hydrogen) atoms. The first kappa shape index (κ1) is 13.0. The summed E-state index contributed by atoms with van der Waals surface area (Å²) in [6.45, 7) is 0. The van der Waals surface area contributed by atoms with E-state index in [-0.39, 0.29) is 21.2 Å². The van der Waals surface area contributed by atoms with E-state index in [9.17, 15) is 13.6 Å². The van der Waals surface area contributed by atoms with Gasteiger partial charge in [0.25, 0.3) is 0 Å². The third kappa shape index (κ3) is 2.52. The third-order valence-corrected chi connectivity index (χ3v) is 2.98. The van der Waals surface area contributed by atoms with Crippen LogP contribution in [0.4, 0.5) is 8.78 Å². The number of hydrogen-bond donors (Lipinski definition) is 0. The minimum atomic E-state index is -0.697. The molecule has 2 rings (SSSR count). The monoisotopic (exact) mass is 286 g/mol. The van der Waals surface area contributed by atoms with Crippen LogP contribution in [-0.2, 0) is 0 Å². The van der Waals surface area contributed by atoms with Crippen molar-refractivity contribution in [2.75, 3.05) is 0 Å². The van der Waals surface area contributed by atoms with Gasteiger partial charge in [-0.1, -0.05) is 23.2 Å². The Labute approximate surface area is 112 Å². The van der Waals surface area contributed by atoms with E-state index in [0.717, 1.165) is 12.1 Å². The van der Waals surface area contributed by atoms with Crippen molar-refractivity contribution in [1.29, 1.82) is 0 Å². The first-order chi connectivity index (χ1) is 8.49. The third-order valence-electron chi connectivity index (χ3n) is 2.36. The SMILES string of the molecule is O=C(c1ccc(Cl)c(F)c1)c1ccc(Cl)c(F)c1. The molecule has 2 aromatic rings. The number of benzene rings is 2. The second-order valence-electron chi connectivity index (χ2n) is 3.59. The average molecular weight is 287 g/mol. The molecule has 0 radical (unpaired) electrons. The minimum Gasteiger partial charge on any atom is -0.289 e. The van der Waals surface area contributed by atoms with Gasteiger partial charge in [0.1, 0.15) is 11.6 Å². The highest BCUT2D eigenvalue weighted by Gasteiger charge is 2.13. The molecule has 0 atom stereocenters. The molecule has 0 fully saturated rings. The second kappa shape index (κ2) is 5.04. The minimum absolute atomic E-state index is 0.0752. The van der Waals surface area contributed by atoms with Crippen LogP contribution in [0.25, 0.3) is 0 Å². The van der Waals surface area contributed by atoms with E-state index >= 15 is 0 Å². The summed E-state index contributed by atoms with van der Waals surface area (Å²) in [7, 11) is 0. The van der Waals surface area contributed by atoms with Crippen molar-refractivity contribution in [3.8, 4) is 0 Å². The smallest absolute Gasteiger partial charge is 0.193 e. The maximum absolute atomic E-state index is 13.2. The van der Waals surface area contributed by atoms with Crippen molar-refractivity contribution < 1.29 is 13.6 Å². The Morgan fingerprint density at radius 3 is 1.56 bits per heavy atom. The van der Waals surface area contributed by atoms with Gasteiger partial charge in [0.05, 0.1) is 10.0 Å². The van der Waals surface area contributed by atoms with E-state index in [1.54, 1.807) is 0 Å². The predicted octanol–water partition coefficient (Wildman–Crippen LogP) is 4.50. The number of halogens is 4. The lowest BCUT2D eigenvalue weighted by Gasteiger charge is -2.03. The summed E-state index contributed by atoms with van der Waals surface area (Å²) in [4.78, 5) is 12.0. The van der Waals surface area contributed by atoms with E-state index in [2.05, 4.69) is 0 Å². The van der Waals surface area contributed by atoms with Crippen LogP contribution in [0.2, 0.25) is 10.0 Å².